The van der Waals surface area contributed by atoms with Crippen LogP contribution in [0.5, 0.6) is 0 Å². The summed E-state index contributed by atoms with van der Waals surface area (Å²) < 4.78 is 7.02. The van der Waals surface area contributed by atoms with E-state index in [1.165, 1.54) is 0 Å². The van der Waals surface area contributed by atoms with E-state index in [1.807, 2.05) is 0 Å². The number of carbonyl (C=O) groups excluding carboxylic acids is 1. The number of aliphatic hydroxyl groups excluding tert-OH is 2. The highest BCUT2D eigenvalue weighted by Crippen LogP contribution is 2.30. The molecule has 1 atom stereocenters. The lowest BCUT2D eigenvalue weighted by atomic mass is 9.93. The highest BCUT2D eigenvalue weighted by atomic mass is 16.5. The highest BCUT2D eigenvalue weighted by Gasteiger charge is 2.25. The molecule has 1 aliphatic carbocycles. The van der Waals surface area contributed by atoms with Crippen LogP contribution in [0.3, 0.4) is 0 Å². The molecule has 1 amide bonds. The zero-order valence-corrected chi connectivity index (χ0v) is 15.1. The molecule has 8 heteroatoms. The van der Waals surface area contributed by atoms with Gasteiger partial charge in [-0.3, -0.25) is 9.36 Å². The van der Waals surface area contributed by atoms with E-state index in [1.54, 1.807) is 27.7 Å². The lowest BCUT2D eigenvalue weighted by Gasteiger charge is -2.26. The Balaban J connectivity index is 1.61. The lowest BCUT2D eigenvalue weighted by Crippen LogP contribution is -2.37. The number of hydrogen-bond acceptors (Lipinski definition) is 5. The van der Waals surface area contributed by atoms with Crippen molar-refractivity contribution in [3.05, 3.63) is 34.2 Å². The maximum absolute atomic E-state index is 12.8. The van der Waals surface area contributed by atoms with Gasteiger partial charge in [0.1, 0.15) is 0 Å². The summed E-state index contributed by atoms with van der Waals surface area (Å²) in [6.07, 6.45) is 1.95. The van der Waals surface area contributed by atoms with Gasteiger partial charge in [0.05, 0.1) is 36.5 Å². The second-order valence-corrected chi connectivity index (χ2v) is 7.47. The molecule has 2 fully saturated rings. The Kier molecular flexibility index (Phi) is 5.03. The van der Waals surface area contributed by atoms with E-state index < -0.39 is 6.10 Å². The van der Waals surface area contributed by atoms with Crippen molar-refractivity contribution in [3.63, 3.8) is 0 Å². The third-order valence-electron chi connectivity index (χ3n) is 5.53. The summed E-state index contributed by atoms with van der Waals surface area (Å²) in [7, 11) is 0. The average Bonchev–Trinajstić information content (AvgIpc) is 2.82. The number of carbonyl (C=O) groups is 1. The van der Waals surface area contributed by atoms with Crippen LogP contribution in [0.4, 0.5) is 0 Å². The first-order chi connectivity index (χ1) is 13.0. The third kappa shape index (κ3) is 3.65. The standard InChI is InChI=1S/C19H25N3O5/c23-14-4-2-13(3-5-14)22-17-6-1-12(9-16(17)20-19(22)26)18(25)21-7-8-27-11-15(24)10-21/h1,6,9,13-15,23-24H,2-5,7-8,10-11H2,(H,20,26). The number of H-pyrrole nitrogens is 1. The van der Waals surface area contributed by atoms with E-state index in [0.717, 1.165) is 18.4 Å². The van der Waals surface area contributed by atoms with Crippen LogP contribution < -0.4 is 5.69 Å². The quantitative estimate of drug-likeness (QED) is 0.714. The minimum Gasteiger partial charge on any atom is -0.393 e. The fraction of sp³-hybridized carbons (Fsp3) is 0.579. The van der Waals surface area contributed by atoms with Crippen molar-refractivity contribution in [3.8, 4) is 0 Å². The number of ether oxygens (including phenoxy) is 1. The van der Waals surface area contributed by atoms with E-state index in [4.69, 9.17) is 4.74 Å². The molecule has 4 rings (SSSR count). The van der Waals surface area contributed by atoms with Crippen LogP contribution in [-0.4, -0.2) is 69.1 Å². The molecule has 0 bridgehead atoms. The second kappa shape index (κ2) is 7.46. The monoisotopic (exact) mass is 375 g/mol. The number of aromatic nitrogens is 2. The molecule has 1 unspecified atom stereocenters. The van der Waals surface area contributed by atoms with Gasteiger partial charge in [0.15, 0.2) is 0 Å². The van der Waals surface area contributed by atoms with Crippen LogP contribution in [0, 0.1) is 0 Å². The van der Waals surface area contributed by atoms with Crippen molar-refractivity contribution in [2.45, 2.75) is 43.9 Å². The smallest absolute Gasteiger partial charge is 0.326 e. The molecule has 1 saturated heterocycles. The molecule has 1 saturated carbocycles. The summed E-state index contributed by atoms with van der Waals surface area (Å²) in [4.78, 5) is 29.7. The van der Waals surface area contributed by atoms with Gasteiger partial charge in [-0.2, -0.15) is 0 Å². The topological polar surface area (TPSA) is 108 Å². The molecule has 1 aliphatic heterocycles. The van der Waals surface area contributed by atoms with Crippen LogP contribution in [-0.2, 0) is 4.74 Å². The molecule has 0 spiro atoms. The summed E-state index contributed by atoms with van der Waals surface area (Å²) in [5.41, 5.74) is 1.69. The average molecular weight is 375 g/mol. The van der Waals surface area contributed by atoms with E-state index in [9.17, 15) is 19.8 Å². The molecule has 0 radical (unpaired) electrons. The van der Waals surface area contributed by atoms with Gasteiger partial charge in [0.25, 0.3) is 5.91 Å². The molecule has 1 aromatic heterocycles. The molecular weight excluding hydrogens is 350 g/mol. The molecular formula is C19H25N3O5. The van der Waals surface area contributed by atoms with Gasteiger partial charge in [-0.05, 0) is 43.9 Å². The van der Waals surface area contributed by atoms with Gasteiger partial charge in [-0.1, -0.05) is 0 Å². The van der Waals surface area contributed by atoms with Gasteiger partial charge in [-0.25, -0.2) is 4.79 Å². The molecule has 8 nitrogen and oxygen atoms in total. The van der Waals surface area contributed by atoms with Gasteiger partial charge in [0.2, 0.25) is 0 Å². The second-order valence-electron chi connectivity index (χ2n) is 7.47. The first-order valence-corrected chi connectivity index (χ1v) is 9.50. The molecule has 2 aliphatic rings. The number of β-amino-alcohol motifs (C(OH)–C–C–N with tert-alkyl or cyclic N) is 1. The number of nitrogens with one attached hydrogen (secondary N) is 1. The Morgan fingerprint density at radius 3 is 2.70 bits per heavy atom. The number of benzene rings is 1. The van der Waals surface area contributed by atoms with Crippen molar-refractivity contribution in [2.24, 2.45) is 0 Å². The van der Waals surface area contributed by atoms with Crippen molar-refractivity contribution >= 4 is 16.9 Å². The minimum atomic E-state index is -0.692. The molecule has 1 aromatic carbocycles. The summed E-state index contributed by atoms with van der Waals surface area (Å²) in [6.45, 7) is 1.29. The molecule has 27 heavy (non-hydrogen) atoms. The number of imidazole rings is 1. The predicted octanol–water partition coefficient (Wildman–Crippen LogP) is 0.639. The molecule has 2 heterocycles. The molecule has 2 aromatic rings. The maximum atomic E-state index is 12.8. The number of fused-ring (bicyclic) bond motifs is 1. The predicted molar refractivity (Wildman–Crippen MR) is 98.8 cm³/mol. The number of rotatable bonds is 2. The molecule has 3 N–H and O–H groups in total. The third-order valence-corrected chi connectivity index (χ3v) is 5.53. The van der Waals surface area contributed by atoms with Crippen molar-refractivity contribution in [1.82, 2.24) is 14.5 Å². The fourth-order valence-electron chi connectivity index (χ4n) is 4.10. The highest BCUT2D eigenvalue weighted by molar-refractivity contribution is 5.97. The zero-order valence-electron chi connectivity index (χ0n) is 15.1. The van der Waals surface area contributed by atoms with Gasteiger partial charge >= 0.3 is 5.69 Å². The van der Waals surface area contributed by atoms with Crippen molar-refractivity contribution < 1.29 is 19.7 Å². The van der Waals surface area contributed by atoms with E-state index >= 15 is 0 Å². The van der Waals surface area contributed by atoms with Gasteiger partial charge in [-0.15, -0.1) is 0 Å². The van der Waals surface area contributed by atoms with E-state index in [0.29, 0.717) is 37.1 Å². The Morgan fingerprint density at radius 1 is 1.15 bits per heavy atom. The maximum Gasteiger partial charge on any atom is 0.326 e. The minimum absolute atomic E-state index is 0.0640. The van der Waals surface area contributed by atoms with Crippen LogP contribution in [0.2, 0.25) is 0 Å². The number of amides is 1. The summed E-state index contributed by atoms with van der Waals surface area (Å²) >= 11 is 0. The number of aromatic amines is 1. The van der Waals surface area contributed by atoms with Crippen LogP contribution in [0.25, 0.3) is 11.0 Å². The normalized spacial score (nSPS) is 26.9. The summed E-state index contributed by atoms with van der Waals surface area (Å²) in [5, 5.41) is 19.5. The number of hydrogen-bond donors (Lipinski definition) is 3. The van der Waals surface area contributed by atoms with Crippen molar-refractivity contribution in [2.75, 3.05) is 26.3 Å². The first-order valence-electron chi connectivity index (χ1n) is 9.50. The summed E-state index contributed by atoms with van der Waals surface area (Å²) in [5.74, 6) is -0.184. The van der Waals surface area contributed by atoms with Gasteiger partial charge < -0.3 is 24.8 Å². The van der Waals surface area contributed by atoms with E-state index in [-0.39, 0.29) is 36.9 Å². The Hall–Kier alpha value is -2.16. The zero-order chi connectivity index (χ0) is 19.0. The summed E-state index contributed by atoms with van der Waals surface area (Å²) in [6, 6.07) is 5.29. The van der Waals surface area contributed by atoms with Crippen molar-refractivity contribution in [1.29, 1.82) is 0 Å². The lowest BCUT2D eigenvalue weighted by molar-refractivity contribution is 0.0534. The number of nitrogens with zero attached hydrogens (tertiary/aromatic N) is 2. The van der Waals surface area contributed by atoms with Crippen LogP contribution in [0.15, 0.2) is 23.0 Å². The van der Waals surface area contributed by atoms with Crippen LogP contribution >= 0.6 is 0 Å². The van der Waals surface area contributed by atoms with Gasteiger partial charge in [0, 0.05) is 24.7 Å². The Morgan fingerprint density at radius 2 is 1.93 bits per heavy atom. The first kappa shape index (κ1) is 18.2. The fourth-order valence-corrected chi connectivity index (χ4v) is 4.10. The van der Waals surface area contributed by atoms with E-state index in [2.05, 4.69) is 4.98 Å². The SMILES string of the molecule is O=C(c1ccc2c(c1)[nH]c(=O)n2C1CCC(O)CC1)N1CCOCC(O)C1. The molecule has 146 valence electrons. The number of aliphatic hydroxyl groups is 2. The largest absolute Gasteiger partial charge is 0.393 e. The van der Waals surface area contributed by atoms with Crippen LogP contribution in [0.1, 0.15) is 42.1 Å². The Bertz CT molecular complexity index is 881. The Labute approximate surface area is 156 Å².